The van der Waals surface area contributed by atoms with E-state index in [-0.39, 0.29) is 0 Å². The van der Waals surface area contributed by atoms with E-state index in [1.165, 1.54) is 0 Å². The second kappa shape index (κ2) is 12.5. The molecule has 3 N–H and O–H groups in total. The average Bonchev–Trinajstić information content (AvgIpc) is 3.54. The maximum absolute atomic E-state index is 13.5. The molecule has 2 saturated heterocycles. The molecule has 0 atom stereocenters. The normalized spacial score (nSPS) is 17.1. The lowest BCUT2D eigenvalue weighted by Gasteiger charge is -2.42. The van der Waals surface area contributed by atoms with E-state index < -0.39 is 7.14 Å². The lowest BCUT2D eigenvalue weighted by atomic mass is 10.0. The van der Waals surface area contributed by atoms with Crippen molar-refractivity contribution < 1.29 is 9.30 Å². The van der Waals surface area contributed by atoms with E-state index in [0.717, 1.165) is 74.6 Å². The third kappa shape index (κ3) is 6.12. The summed E-state index contributed by atoms with van der Waals surface area (Å²) in [7, 11) is 1.14. The molecule has 2 fully saturated rings. The van der Waals surface area contributed by atoms with Crippen molar-refractivity contribution in [3.8, 4) is 5.75 Å². The molecule has 46 heavy (non-hydrogen) atoms. The minimum atomic E-state index is -2.73. The van der Waals surface area contributed by atoms with Crippen molar-refractivity contribution >= 4 is 63.2 Å². The molecule has 0 saturated carbocycles. The van der Waals surface area contributed by atoms with Crippen LogP contribution >= 0.6 is 7.14 Å². The van der Waals surface area contributed by atoms with Crippen molar-refractivity contribution in [1.82, 2.24) is 34.7 Å². The molecule has 4 aromatic heterocycles. The first-order chi connectivity index (χ1) is 22.3. The molecule has 0 spiro atoms. The molecule has 7 rings (SSSR count). The van der Waals surface area contributed by atoms with Gasteiger partial charge >= 0.3 is 0 Å². The molecule has 2 aliphatic rings. The standard InChI is InChI=1S/C33H41N10O2P/c1-41-15-17-43(18-16-41)22-8-13-42(14-9-22)23-19-28(45-2)33(37-21-23)40-29-20-27(24-7-10-36-32(24)39-29)38-26-6-5-25-30(35-12-11-34-25)31(26)46(3,4)44/h5-7,10-12,19-22H,8-9,13-18H2,1-4H3,(H3,36,37,38,39,40). The monoisotopic (exact) mass is 640 g/mol. The van der Waals surface area contributed by atoms with Crippen molar-refractivity contribution in [1.29, 1.82) is 0 Å². The molecule has 6 heterocycles. The Labute approximate surface area is 269 Å². The summed E-state index contributed by atoms with van der Waals surface area (Å²) in [5.74, 6) is 1.81. The Hall–Kier alpha value is -4.25. The predicted octanol–water partition coefficient (Wildman–Crippen LogP) is 4.86. The molecule has 12 nitrogen and oxygen atoms in total. The number of nitrogens with zero attached hydrogens (tertiary/aromatic N) is 7. The number of rotatable bonds is 8. The van der Waals surface area contributed by atoms with Gasteiger partial charge in [-0.05, 0) is 51.4 Å². The van der Waals surface area contributed by atoms with Gasteiger partial charge in [0, 0.05) is 81.4 Å². The van der Waals surface area contributed by atoms with Crippen LogP contribution in [0.1, 0.15) is 12.8 Å². The molecule has 240 valence electrons. The zero-order valence-corrected chi connectivity index (χ0v) is 27.7. The van der Waals surface area contributed by atoms with Gasteiger partial charge in [-0.3, -0.25) is 14.9 Å². The number of aromatic nitrogens is 5. The second-order valence-corrected chi connectivity index (χ2v) is 15.7. The van der Waals surface area contributed by atoms with Crippen molar-refractivity contribution in [2.24, 2.45) is 0 Å². The molecule has 2 aliphatic heterocycles. The van der Waals surface area contributed by atoms with E-state index >= 15 is 0 Å². The van der Waals surface area contributed by atoms with Crippen LogP contribution in [0, 0.1) is 0 Å². The Morgan fingerprint density at radius 1 is 0.935 bits per heavy atom. The van der Waals surface area contributed by atoms with Crippen LogP contribution in [-0.4, -0.2) is 108 Å². The fourth-order valence-corrected chi connectivity index (χ4v) is 8.07. The molecular formula is C33H41N10O2P. The Morgan fingerprint density at radius 3 is 2.48 bits per heavy atom. The Morgan fingerprint density at radius 2 is 1.72 bits per heavy atom. The lowest BCUT2D eigenvalue weighted by Crippen LogP contribution is -2.52. The molecule has 13 heteroatoms. The zero-order valence-electron chi connectivity index (χ0n) is 26.8. The Bertz CT molecular complexity index is 1910. The number of hydrogen-bond acceptors (Lipinski definition) is 11. The van der Waals surface area contributed by atoms with Crippen LogP contribution in [-0.2, 0) is 4.57 Å². The molecule has 0 aliphatic carbocycles. The number of H-pyrrole nitrogens is 1. The maximum atomic E-state index is 13.5. The van der Waals surface area contributed by atoms with Gasteiger partial charge in [0.25, 0.3) is 0 Å². The number of pyridine rings is 2. The maximum Gasteiger partial charge on any atom is 0.174 e. The van der Waals surface area contributed by atoms with Crippen molar-refractivity contribution in [2.75, 3.05) is 82.3 Å². The van der Waals surface area contributed by atoms with Gasteiger partial charge in [-0.25, -0.2) is 9.97 Å². The Kier molecular flexibility index (Phi) is 8.27. The fourth-order valence-electron chi connectivity index (χ4n) is 6.67. The van der Waals surface area contributed by atoms with Gasteiger partial charge in [0.1, 0.15) is 24.1 Å². The smallest absolute Gasteiger partial charge is 0.174 e. The van der Waals surface area contributed by atoms with Crippen LogP contribution in [0.15, 0.2) is 55.1 Å². The highest BCUT2D eigenvalue weighted by atomic mass is 31.2. The van der Waals surface area contributed by atoms with Gasteiger partial charge in [0.2, 0.25) is 0 Å². The van der Waals surface area contributed by atoms with Crippen LogP contribution < -0.4 is 25.6 Å². The number of likely N-dealkylation sites (N-methyl/N-ethyl adjacent to an activating group) is 1. The van der Waals surface area contributed by atoms with E-state index in [1.54, 1.807) is 32.8 Å². The Balaban J connectivity index is 1.12. The van der Waals surface area contributed by atoms with Crippen LogP contribution in [0.5, 0.6) is 5.75 Å². The number of piperidine rings is 1. The van der Waals surface area contributed by atoms with E-state index in [1.807, 2.05) is 36.7 Å². The average molecular weight is 641 g/mol. The van der Waals surface area contributed by atoms with Crippen LogP contribution in [0.4, 0.5) is 28.7 Å². The lowest BCUT2D eigenvalue weighted by molar-refractivity contribution is 0.0982. The van der Waals surface area contributed by atoms with Gasteiger partial charge in [-0.1, -0.05) is 0 Å². The van der Waals surface area contributed by atoms with Crippen LogP contribution in [0.3, 0.4) is 0 Å². The zero-order chi connectivity index (χ0) is 31.8. The van der Waals surface area contributed by atoms with Gasteiger partial charge in [-0.2, -0.15) is 0 Å². The summed E-state index contributed by atoms with van der Waals surface area (Å²) < 4.78 is 19.3. The summed E-state index contributed by atoms with van der Waals surface area (Å²) >= 11 is 0. The van der Waals surface area contributed by atoms with Crippen molar-refractivity contribution in [2.45, 2.75) is 18.9 Å². The topological polar surface area (TPSA) is 127 Å². The van der Waals surface area contributed by atoms with Gasteiger partial charge in [-0.15, -0.1) is 0 Å². The van der Waals surface area contributed by atoms with E-state index in [0.29, 0.717) is 45.4 Å². The summed E-state index contributed by atoms with van der Waals surface area (Å²) in [5, 5.41) is 8.47. The summed E-state index contributed by atoms with van der Waals surface area (Å²) in [5.41, 5.74) is 4.62. The highest BCUT2D eigenvalue weighted by Crippen LogP contribution is 2.42. The first kappa shape index (κ1) is 30.4. The minimum Gasteiger partial charge on any atom is -0.493 e. The van der Waals surface area contributed by atoms with E-state index in [9.17, 15) is 4.57 Å². The van der Waals surface area contributed by atoms with Gasteiger partial charge in [0.05, 0.1) is 41.2 Å². The first-order valence-electron chi connectivity index (χ1n) is 15.8. The summed E-state index contributed by atoms with van der Waals surface area (Å²) in [6.07, 6.45) is 9.34. The van der Waals surface area contributed by atoms with Crippen molar-refractivity contribution in [3.63, 3.8) is 0 Å². The molecule has 0 unspecified atom stereocenters. The number of hydrogen-bond donors (Lipinski definition) is 3. The van der Waals surface area contributed by atoms with Gasteiger partial charge in [0.15, 0.2) is 11.6 Å². The minimum absolute atomic E-state index is 0.580. The summed E-state index contributed by atoms with van der Waals surface area (Å²) in [4.78, 5) is 29.2. The van der Waals surface area contributed by atoms with Crippen molar-refractivity contribution in [3.05, 3.63) is 55.1 Å². The number of aromatic amines is 1. The first-order valence-corrected chi connectivity index (χ1v) is 18.4. The molecule has 0 amide bonds. The fraction of sp³-hybridized carbons (Fsp3) is 0.394. The summed E-state index contributed by atoms with van der Waals surface area (Å²) in [6.45, 7) is 10.1. The SMILES string of the molecule is COc1cc(N2CCC(N3CCN(C)CC3)CC2)cnc1Nc1cc(Nc2ccc3nccnc3c2P(C)(C)=O)c2cc[nH]c2n1. The number of fused-ring (bicyclic) bond motifs is 2. The van der Waals surface area contributed by atoms with Gasteiger partial charge < -0.3 is 34.7 Å². The molecular weight excluding hydrogens is 599 g/mol. The molecule has 1 aromatic carbocycles. The third-order valence-corrected chi connectivity index (χ3v) is 10.7. The molecule has 5 aromatic rings. The third-order valence-electron chi connectivity index (χ3n) is 9.14. The number of piperazine rings is 1. The highest BCUT2D eigenvalue weighted by molar-refractivity contribution is 7.71. The second-order valence-electron chi connectivity index (χ2n) is 12.6. The molecule has 0 bridgehead atoms. The van der Waals surface area contributed by atoms with E-state index in [2.05, 4.69) is 53.4 Å². The number of anilines is 5. The number of nitrogens with one attached hydrogen (secondary N) is 3. The van der Waals surface area contributed by atoms with E-state index in [4.69, 9.17) is 14.7 Å². The molecule has 0 radical (unpaired) electrons. The number of methoxy groups -OCH3 is 1. The van der Waals surface area contributed by atoms with Crippen LogP contribution in [0.2, 0.25) is 0 Å². The predicted molar refractivity (Wildman–Crippen MR) is 186 cm³/mol. The summed E-state index contributed by atoms with van der Waals surface area (Å²) in [6, 6.07) is 10.4. The highest BCUT2D eigenvalue weighted by Gasteiger charge is 2.27. The largest absolute Gasteiger partial charge is 0.493 e. The number of ether oxygens (including phenoxy) is 1. The van der Waals surface area contributed by atoms with Crippen LogP contribution in [0.25, 0.3) is 22.1 Å². The number of benzene rings is 1. The quantitative estimate of drug-likeness (QED) is 0.201.